The van der Waals surface area contributed by atoms with Crippen LogP contribution in [0.3, 0.4) is 0 Å². The van der Waals surface area contributed by atoms with Crippen molar-refractivity contribution in [2.24, 2.45) is 0 Å². The molecule has 6 nitrogen and oxygen atoms in total. The standard InChI is InChI=1S/C23H24BrClN2O4S/c1-13-10-19(21(24)14(2)22(13)25)31-9-5-6-20(28)27-23-26-16(12-32-23)15-7-8-17(29-3)18(11-15)30-4/h7-8,10-12H,5-6,9H2,1-4H3,(H,26,27,28). The number of halogens is 2. The van der Waals surface area contributed by atoms with Gasteiger partial charge in [-0.05, 0) is 71.6 Å². The number of aromatic nitrogens is 1. The highest BCUT2D eigenvalue weighted by Crippen LogP contribution is 2.36. The molecule has 3 aromatic rings. The molecule has 0 saturated carbocycles. The molecule has 3 rings (SSSR count). The van der Waals surface area contributed by atoms with Crippen molar-refractivity contribution in [2.75, 3.05) is 26.1 Å². The number of anilines is 1. The summed E-state index contributed by atoms with van der Waals surface area (Å²) in [6.45, 7) is 4.29. The van der Waals surface area contributed by atoms with E-state index in [1.54, 1.807) is 14.2 Å². The summed E-state index contributed by atoms with van der Waals surface area (Å²) in [6.07, 6.45) is 0.904. The monoisotopic (exact) mass is 538 g/mol. The molecule has 2 aromatic carbocycles. The van der Waals surface area contributed by atoms with E-state index in [1.165, 1.54) is 11.3 Å². The molecule has 9 heteroatoms. The summed E-state index contributed by atoms with van der Waals surface area (Å²) >= 11 is 11.1. The molecule has 1 heterocycles. The van der Waals surface area contributed by atoms with Crippen LogP contribution in [0.15, 0.2) is 34.1 Å². The van der Waals surface area contributed by atoms with E-state index in [0.717, 1.165) is 37.6 Å². The number of carbonyl (C=O) groups excluding carboxylic acids is 1. The fraction of sp³-hybridized carbons (Fsp3) is 0.304. The Morgan fingerprint density at radius 1 is 1.16 bits per heavy atom. The van der Waals surface area contributed by atoms with Gasteiger partial charge in [0.05, 0.1) is 31.0 Å². The zero-order chi connectivity index (χ0) is 23.3. The van der Waals surface area contributed by atoms with E-state index in [9.17, 15) is 4.79 Å². The molecule has 1 N–H and O–H groups in total. The van der Waals surface area contributed by atoms with Crippen LogP contribution in [-0.2, 0) is 4.79 Å². The summed E-state index contributed by atoms with van der Waals surface area (Å²) in [5.74, 6) is 1.90. The Hall–Kier alpha value is -2.29. The van der Waals surface area contributed by atoms with Gasteiger partial charge in [0, 0.05) is 22.4 Å². The van der Waals surface area contributed by atoms with E-state index in [1.807, 2.05) is 43.5 Å². The molecule has 1 aromatic heterocycles. The maximum Gasteiger partial charge on any atom is 0.226 e. The Balaban J connectivity index is 1.52. The van der Waals surface area contributed by atoms with E-state index >= 15 is 0 Å². The smallest absolute Gasteiger partial charge is 0.226 e. The highest BCUT2D eigenvalue weighted by molar-refractivity contribution is 9.10. The number of amides is 1. The zero-order valence-corrected chi connectivity index (χ0v) is 21.4. The number of benzene rings is 2. The van der Waals surface area contributed by atoms with E-state index in [0.29, 0.717) is 36.1 Å². The number of methoxy groups -OCH3 is 2. The van der Waals surface area contributed by atoms with Gasteiger partial charge >= 0.3 is 0 Å². The zero-order valence-electron chi connectivity index (χ0n) is 18.3. The molecule has 0 fully saturated rings. The first-order chi connectivity index (χ1) is 15.3. The molecule has 1 amide bonds. The molecule has 32 heavy (non-hydrogen) atoms. The van der Waals surface area contributed by atoms with Crippen molar-refractivity contribution in [3.05, 3.63) is 50.3 Å². The first-order valence-electron chi connectivity index (χ1n) is 9.89. The maximum absolute atomic E-state index is 12.3. The maximum atomic E-state index is 12.3. The second-order valence-electron chi connectivity index (χ2n) is 7.05. The molecule has 0 bridgehead atoms. The number of rotatable bonds is 9. The van der Waals surface area contributed by atoms with E-state index in [4.69, 9.17) is 25.8 Å². The molecule has 0 aliphatic carbocycles. The van der Waals surface area contributed by atoms with Gasteiger partial charge < -0.3 is 19.5 Å². The van der Waals surface area contributed by atoms with E-state index in [-0.39, 0.29) is 5.91 Å². The molecule has 0 saturated heterocycles. The van der Waals surface area contributed by atoms with E-state index < -0.39 is 0 Å². The molecule has 0 radical (unpaired) electrons. The highest BCUT2D eigenvalue weighted by Gasteiger charge is 2.13. The van der Waals surface area contributed by atoms with E-state index in [2.05, 4.69) is 26.2 Å². The first kappa shape index (κ1) is 24.4. The molecule has 0 atom stereocenters. The molecule has 0 spiro atoms. The van der Waals surface area contributed by atoms with Gasteiger partial charge in [-0.25, -0.2) is 4.98 Å². The lowest BCUT2D eigenvalue weighted by atomic mass is 10.1. The normalized spacial score (nSPS) is 10.7. The Labute approximate surface area is 205 Å². The average Bonchev–Trinajstić information content (AvgIpc) is 3.26. The lowest BCUT2D eigenvalue weighted by molar-refractivity contribution is -0.116. The van der Waals surface area contributed by atoms with Crippen LogP contribution in [0.25, 0.3) is 11.3 Å². The van der Waals surface area contributed by atoms with Crippen LogP contribution in [0, 0.1) is 13.8 Å². The third kappa shape index (κ3) is 5.74. The lowest BCUT2D eigenvalue weighted by Crippen LogP contribution is -2.12. The van der Waals surface area contributed by atoms with Gasteiger partial charge in [-0.2, -0.15) is 0 Å². The minimum absolute atomic E-state index is 0.107. The van der Waals surface area contributed by atoms with Crippen molar-refractivity contribution in [1.29, 1.82) is 0 Å². The third-order valence-electron chi connectivity index (χ3n) is 4.80. The van der Waals surface area contributed by atoms with Crippen LogP contribution in [0.1, 0.15) is 24.0 Å². The predicted octanol–water partition coefficient (Wildman–Crippen LogP) is 6.66. The Bertz CT molecular complexity index is 1120. The SMILES string of the molecule is COc1ccc(-c2csc(NC(=O)CCCOc3cc(C)c(Cl)c(C)c3Br)n2)cc1OC. The highest BCUT2D eigenvalue weighted by atomic mass is 79.9. The van der Waals surface area contributed by atoms with Crippen molar-refractivity contribution in [3.8, 4) is 28.5 Å². The molecular weight excluding hydrogens is 516 g/mol. The van der Waals surface area contributed by atoms with Crippen molar-refractivity contribution in [3.63, 3.8) is 0 Å². The summed E-state index contributed by atoms with van der Waals surface area (Å²) in [5.41, 5.74) is 3.53. The quantitative estimate of drug-likeness (QED) is 0.308. The number of aryl methyl sites for hydroxylation is 1. The lowest BCUT2D eigenvalue weighted by Gasteiger charge is -2.13. The number of nitrogens with zero attached hydrogens (tertiary/aromatic N) is 1. The number of ether oxygens (including phenoxy) is 3. The van der Waals surface area contributed by atoms with Gasteiger partial charge in [-0.15, -0.1) is 11.3 Å². The molecule has 0 aliphatic rings. The summed E-state index contributed by atoms with van der Waals surface area (Å²) in [7, 11) is 3.18. The van der Waals surface area contributed by atoms with Crippen molar-refractivity contribution < 1.29 is 19.0 Å². The third-order valence-corrected chi connectivity index (χ3v) is 7.13. The summed E-state index contributed by atoms with van der Waals surface area (Å²) in [5, 5.41) is 6.01. The Kier molecular flexibility index (Phi) is 8.39. The number of hydrogen-bond acceptors (Lipinski definition) is 6. The summed E-state index contributed by atoms with van der Waals surface area (Å²) < 4.78 is 17.3. The van der Waals surface area contributed by atoms with Crippen LogP contribution in [0.5, 0.6) is 17.2 Å². The second kappa shape index (κ2) is 11.0. The van der Waals surface area contributed by atoms with Gasteiger partial charge in [0.1, 0.15) is 5.75 Å². The number of carbonyl (C=O) groups is 1. The number of hydrogen-bond donors (Lipinski definition) is 1. The van der Waals surface area contributed by atoms with Crippen molar-refractivity contribution in [2.45, 2.75) is 26.7 Å². The summed E-state index contributed by atoms with van der Waals surface area (Å²) in [6, 6.07) is 7.48. The van der Waals surface area contributed by atoms with Crippen LogP contribution in [-0.4, -0.2) is 31.7 Å². The van der Waals surface area contributed by atoms with Gasteiger partial charge in [0.2, 0.25) is 5.91 Å². The minimum atomic E-state index is -0.107. The van der Waals surface area contributed by atoms with Crippen molar-refractivity contribution >= 4 is 49.9 Å². The second-order valence-corrected chi connectivity index (χ2v) is 9.08. The van der Waals surface area contributed by atoms with Crippen LogP contribution < -0.4 is 19.5 Å². The minimum Gasteiger partial charge on any atom is -0.493 e. The molecule has 0 aliphatic heterocycles. The fourth-order valence-electron chi connectivity index (χ4n) is 3.06. The van der Waals surface area contributed by atoms with Gasteiger partial charge in [0.15, 0.2) is 16.6 Å². The average molecular weight is 540 g/mol. The fourth-order valence-corrected chi connectivity index (χ4v) is 4.49. The molecular formula is C23H24BrClN2O4S. The number of thiazole rings is 1. The molecule has 170 valence electrons. The number of nitrogens with one attached hydrogen (secondary N) is 1. The van der Waals surface area contributed by atoms with Gasteiger partial charge in [-0.3, -0.25) is 4.79 Å². The Morgan fingerprint density at radius 3 is 2.62 bits per heavy atom. The van der Waals surface area contributed by atoms with Gasteiger partial charge in [0.25, 0.3) is 0 Å². The predicted molar refractivity (Wildman–Crippen MR) is 133 cm³/mol. The van der Waals surface area contributed by atoms with Crippen LogP contribution in [0.4, 0.5) is 5.13 Å². The first-order valence-corrected chi connectivity index (χ1v) is 11.9. The van der Waals surface area contributed by atoms with Crippen molar-refractivity contribution in [1.82, 2.24) is 4.98 Å². The summed E-state index contributed by atoms with van der Waals surface area (Å²) in [4.78, 5) is 16.8. The topological polar surface area (TPSA) is 69.7 Å². The Morgan fingerprint density at radius 2 is 1.91 bits per heavy atom. The largest absolute Gasteiger partial charge is 0.493 e. The van der Waals surface area contributed by atoms with Crippen LogP contribution >= 0.6 is 38.9 Å². The van der Waals surface area contributed by atoms with Crippen LogP contribution in [0.2, 0.25) is 5.02 Å². The van der Waals surface area contributed by atoms with Gasteiger partial charge in [-0.1, -0.05) is 11.6 Å². The molecule has 0 unspecified atom stereocenters.